The monoisotopic (exact) mass is 735 g/mol. The van der Waals surface area contributed by atoms with Gasteiger partial charge in [0.2, 0.25) is 0 Å². The van der Waals surface area contributed by atoms with Crippen molar-refractivity contribution in [2.24, 2.45) is 17.3 Å². The van der Waals surface area contributed by atoms with Gasteiger partial charge in [0.15, 0.2) is 5.78 Å². The summed E-state index contributed by atoms with van der Waals surface area (Å²) in [5.74, 6) is 4.01. The molecule has 0 heterocycles. The molecular formula is C35H62NO5PS4. The van der Waals surface area contributed by atoms with Gasteiger partial charge >= 0.3 is 7.60 Å². The lowest BCUT2D eigenvalue weighted by Crippen LogP contribution is -2.51. The second kappa shape index (κ2) is 19.4. The predicted molar refractivity (Wildman–Crippen MR) is 216 cm³/mol. The van der Waals surface area contributed by atoms with E-state index in [1.807, 2.05) is 20.2 Å². The van der Waals surface area contributed by atoms with Gasteiger partial charge in [-0.15, -0.1) is 0 Å². The van der Waals surface area contributed by atoms with Gasteiger partial charge in [0.1, 0.15) is 5.60 Å². The molecule has 0 bridgehead atoms. The van der Waals surface area contributed by atoms with Crippen LogP contribution in [-0.4, -0.2) is 43.8 Å². The van der Waals surface area contributed by atoms with E-state index in [9.17, 15) is 14.5 Å². The molecule has 0 spiro atoms. The van der Waals surface area contributed by atoms with Crippen LogP contribution in [0, 0.1) is 28.8 Å². The van der Waals surface area contributed by atoms with Gasteiger partial charge < -0.3 is 10.0 Å². The smallest absolute Gasteiger partial charge is 0.378 e. The zero-order valence-corrected chi connectivity index (χ0v) is 30.9. The molecule has 0 unspecified atom stereocenters. The van der Waals surface area contributed by atoms with E-state index in [1.165, 1.54) is 22.3 Å². The summed E-state index contributed by atoms with van der Waals surface area (Å²) in [6.07, 6.45) is 7.29. The molecule has 1 aromatic rings. The van der Waals surface area contributed by atoms with Crippen molar-refractivity contribution in [2.45, 2.75) is 99.5 Å². The number of anilines is 1. The maximum absolute atomic E-state index is 13.2. The molecule has 46 heavy (non-hydrogen) atoms. The normalized spacial score (nSPS) is 27.1. The second-order valence-electron chi connectivity index (χ2n) is 12.0. The highest BCUT2D eigenvalue weighted by Crippen LogP contribution is 2.67. The lowest BCUT2D eigenvalue weighted by atomic mass is 9.51. The van der Waals surface area contributed by atoms with Crippen LogP contribution in [0.25, 0.3) is 0 Å². The Morgan fingerprint density at radius 3 is 2.09 bits per heavy atom. The summed E-state index contributed by atoms with van der Waals surface area (Å²) in [6.45, 7) is 6.17. The lowest BCUT2D eigenvalue weighted by molar-refractivity contribution is -0.114. The summed E-state index contributed by atoms with van der Waals surface area (Å²) in [7, 11) is 0.474. The van der Waals surface area contributed by atoms with Crippen molar-refractivity contribution in [3.8, 4) is 11.6 Å². The number of fused-ring (bicyclic) bond motifs is 4. The fraction of sp³-hybridized carbons (Fsp3) is 0.629. The molecule has 1 aromatic carbocycles. The number of allylic oxidation sites excluding steroid dienone is 4. The van der Waals surface area contributed by atoms with Crippen molar-refractivity contribution in [3.63, 3.8) is 0 Å². The summed E-state index contributed by atoms with van der Waals surface area (Å²) < 4.78 is 24.0. The van der Waals surface area contributed by atoms with Gasteiger partial charge in [-0.25, -0.2) is 4.57 Å². The Morgan fingerprint density at radius 1 is 0.957 bits per heavy atom. The lowest BCUT2D eigenvalue weighted by Gasteiger charge is -2.53. The van der Waals surface area contributed by atoms with E-state index in [-0.39, 0.29) is 107 Å². The number of aliphatic hydroxyl groups is 1. The molecule has 0 amide bonds. The van der Waals surface area contributed by atoms with Crippen LogP contribution < -0.4 is 4.90 Å². The van der Waals surface area contributed by atoms with Gasteiger partial charge in [0.25, 0.3) is 0 Å². The van der Waals surface area contributed by atoms with Crippen molar-refractivity contribution >= 4 is 73.0 Å². The minimum atomic E-state index is -3.61. The highest BCUT2D eigenvalue weighted by molar-refractivity contribution is 7.60. The van der Waals surface area contributed by atoms with E-state index in [4.69, 9.17) is 9.05 Å². The Hall–Kier alpha value is -0.760. The molecule has 0 aliphatic heterocycles. The molecule has 4 aliphatic rings. The number of hydrogen-bond donors (Lipinski definition) is 1. The zero-order chi connectivity index (χ0) is 28.0. The van der Waals surface area contributed by atoms with Crippen LogP contribution in [0.4, 0.5) is 5.69 Å². The van der Waals surface area contributed by atoms with Crippen LogP contribution in [-0.2, 0) is 18.4 Å². The number of benzene rings is 1. The maximum atomic E-state index is 13.2. The van der Waals surface area contributed by atoms with Gasteiger partial charge in [-0.1, -0.05) is 52.8 Å². The van der Waals surface area contributed by atoms with E-state index in [2.05, 4.69) is 47.7 Å². The molecule has 2 saturated carbocycles. The summed E-state index contributed by atoms with van der Waals surface area (Å²) in [4.78, 5) is 14.4. The zero-order valence-electron chi connectivity index (χ0n) is 26.0. The van der Waals surface area contributed by atoms with Gasteiger partial charge in [-0.3, -0.25) is 13.8 Å². The Balaban J connectivity index is -0.00000264. The van der Waals surface area contributed by atoms with E-state index in [0.717, 1.165) is 37.8 Å². The molecule has 0 saturated heterocycles. The fourth-order valence-electron chi connectivity index (χ4n) is 7.78. The Bertz CT molecular complexity index is 1310. The number of rotatable bonds is 6. The summed E-state index contributed by atoms with van der Waals surface area (Å²) >= 11 is 0. The van der Waals surface area contributed by atoms with Crippen LogP contribution in [0.5, 0.6) is 0 Å². The van der Waals surface area contributed by atoms with Crippen molar-refractivity contribution in [1.82, 2.24) is 0 Å². The first kappa shape index (κ1) is 49.6. The van der Waals surface area contributed by atoms with Gasteiger partial charge in [-0.2, -0.15) is 54.0 Å². The molecule has 266 valence electrons. The van der Waals surface area contributed by atoms with Crippen molar-refractivity contribution in [3.05, 3.63) is 52.6 Å². The molecule has 0 aromatic heterocycles. The molecule has 11 heteroatoms. The molecule has 1 N–H and O–H groups in total. The Kier molecular flexibility index (Phi) is 21.0. The van der Waals surface area contributed by atoms with E-state index in [0.29, 0.717) is 18.8 Å². The maximum Gasteiger partial charge on any atom is 0.405 e. The molecule has 0 radical (unpaired) electrons. The topological polar surface area (TPSA) is 76.1 Å². The average molecular weight is 736 g/mol. The first-order valence-corrected chi connectivity index (χ1v) is 16.0. The third kappa shape index (κ3) is 9.07. The fourth-order valence-corrected chi connectivity index (χ4v) is 8.98. The molecule has 4 aliphatic carbocycles. The SMILES string of the molecule is C.C.C.CCOP(=O)(C#C[C@]1(O)CC[C@H]2[C@@H]3CCC4=CC(=O)CCC4=C3[C@@H](c3ccc(N(C)C)cc3)C[C@@]21C)OCC.S.S.S.S. The van der Waals surface area contributed by atoms with E-state index in [1.54, 1.807) is 13.8 Å². The number of ketones is 1. The molecule has 5 rings (SSSR count). The second-order valence-corrected chi connectivity index (χ2v) is 13.7. The van der Waals surface area contributed by atoms with Crippen molar-refractivity contribution < 1.29 is 23.5 Å². The minimum absolute atomic E-state index is 0. The Labute approximate surface area is 308 Å². The van der Waals surface area contributed by atoms with E-state index < -0.39 is 18.6 Å². The van der Waals surface area contributed by atoms with Crippen LogP contribution in [0.2, 0.25) is 0 Å². The standard InChI is InChI=1S/C32H42NO5P.3CH4.4H2S/c1-6-37-39(36,38-7-2)19-18-32(35)17-16-29-27-14-10-23-20-25(34)13-15-26(23)30(27)28(21-31(29,32)3)22-8-11-24(12-9-22)33(4)5;;;;;;;/h8-9,11-12,20,27-29,35H,6-7,10,13-17,21H2,1-5H3;3*1H4;4*1H2/t27-,28+,29-,31-,32+;;;;;;;/m0......./s1. The van der Waals surface area contributed by atoms with Gasteiger partial charge in [0.05, 0.1) is 13.2 Å². The molecule has 2 fully saturated rings. The van der Waals surface area contributed by atoms with E-state index >= 15 is 0 Å². The summed E-state index contributed by atoms with van der Waals surface area (Å²) in [5, 5.41) is 12.2. The van der Waals surface area contributed by atoms with Crippen LogP contribution in [0.3, 0.4) is 0 Å². The largest absolute Gasteiger partial charge is 0.405 e. The average Bonchev–Trinajstić information content (AvgIpc) is 3.17. The number of carbonyl (C=O) groups excluding carboxylic acids is 1. The van der Waals surface area contributed by atoms with Crippen LogP contribution >= 0.6 is 61.6 Å². The first-order chi connectivity index (χ1) is 18.5. The van der Waals surface area contributed by atoms with Gasteiger partial charge in [0, 0.05) is 43.2 Å². The van der Waals surface area contributed by atoms with Crippen LogP contribution in [0.15, 0.2) is 47.1 Å². The number of hydrogen-bond acceptors (Lipinski definition) is 6. The number of nitrogens with zero attached hydrogens (tertiary/aromatic N) is 1. The highest BCUT2D eigenvalue weighted by atomic mass is 32.1. The van der Waals surface area contributed by atoms with Gasteiger partial charge in [-0.05, 0) is 99.1 Å². The molecular weight excluding hydrogens is 674 g/mol. The number of carbonyl (C=O) groups is 1. The summed E-state index contributed by atoms with van der Waals surface area (Å²) in [5.41, 5.74) is 7.46. The summed E-state index contributed by atoms with van der Waals surface area (Å²) in [6, 6.07) is 8.76. The quantitative estimate of drug-likeness (QED) is 0.232. The predicted octanol–water partition coefficient (Wildman–Crippen LogP) is 8.97. The third-order valence-electron chi connectivity index (χ3n) is 9.70. The highest BCUT2D eigenvalue weighted by Gasteiger charge is 2.62. The molecule has 5 atom stereocenters. The minimum Gasteiger partial charge on any atom is -0.378 e. The molecule has 6 nitrogen and oxygen atoms in total. The van der Waals surface area contributed by atoms with Crippen molar-refractivity contribution in [2.75, 3.05) is 32.2 Å². The first-order valence-electron chi connectivity index (χ1n) is 14.4. The third-order valence-corrected chi connectivity index (χ3v) is 11.3. The Morgan fingerprint density at radius 2 is 1.54 bits per heavy atom. The van der Waals surface area contributed by atoms with Crippen molar-refractivity contribution in [1.29, 1.82) is 0 Å². The van der Waals surface area contributed by atoms with Crippen LogP contribution in [0.1, 0.15) is 99.5 Å².